The van der Waals surface area contributed by atoms with Crippen LogP contribution in [-0.4, -0.2) is 116 Å². The molecule has 2 saturated heterocycles. The number of hydrogen-bond donors (Lipinski definition) is 4. The Labute approximate surface area is 346 Å². The Morgan fingerprint density at radius 1 is 1.02 bits per heavy atom. The molecule has 4 amide bonds. The highest BCUT2D eigenvalue weighted by molar-refractivity contribution is 7.91. The number of carboxylic acid groups (broad SMARTS) is 1. The summed E-state index contributed by atoms with van der Waals surface area (Å²) < 4.78 is 84.1. The first-order valence-electron chi connectivity index (χ1n) is 20.7. The molecule has 3 aliphatic carbocycles. The molecule has 2 aliphatic heterocycles. The Morgan fingerprint density at radius 3 is 2.30 bits per heavy atom. The minimum absolute atomic E-state index is 0.0603. The van der Waals surface area contributed by atoms with Gasteiger partial charge in [-0.3, -0.25) is 24.0 Å². The molecule has 0 bridgehead atoms. The summed E-state index contributed by atoms with van der Waals surface area (Å²) in [5.41, 5.74) is -4.96. The third-order valence-electron chi connectivity index (χ3n) is 13.3. The normalized spacial score (nSPS) is 31.1. The minimum atomic E-state index is -5.11. The van der Waals surface area contributed by atoms with Crippen molar-refractivity contribution < 1.29 is 60.5 Å². The fourth-order valence-corrected chi connectivity index (χ4v) is 10.2. The minimum Gasteiger partial charge on any atom is -0.488 e. The summed E-state index contributed by atoms with van der Waals surface area (Å²) in [6, 6.07) is 3.68. The molecular formula is C41H54F3N5O10S. The first kappa shape index (κ1) is 43.7. The predicted octanol–water partition coefficient (Wildman–Crippen LogP) is 4.89. The molecule has 1 aromatic carbocycles. The number of alkyl halides is 3. The fraction of sp³-hybridized carbons (Fsp3) is 0.683. The van der Waals surface area contributed by atoms with Gasteiger partial charge in [0.25, 0.3) is 5.91 Å². The summed E-state index contributed by atoms with van der Waals surface area (Å²) in [5, 5.41) is 25.8. The number of pyridine rings is 1. The standard InChI is InChI=1S/C41H54F3N5O10S/c1-22-9-8-12-30(50)28-19-40(28,36(53)47-60(56,57)39(5)15-16-39)46-33(51)29-18-25(59-34-27-11-7-6-10-26(27)31(20-45-34)58-24-13-14-24)21-48(29)35(52)32(23(2)17-22)49(37(54)55)38(3,4)41(42,43)44/h6-7,10-11,20,22-25,28-30,32,50H,8-9,12-19,21H2,1-5H3,(H,46,51)(H,47,53)(H,54,55)/t22-,23-,25-,28+,29+,30+,32+,40-/m1/s1. The first-order valence-corrected chi connectivity index (χ1v) is 22.2. The van der Waals surface area contributed by atoms with Gasteiger partial charge in [-0.15, -0.1) is 0 Å². The number of aliphatic hydroxyl groups excluding tert-OH is 1. The number of hydrogen-bond acceptors (Lipinski definition) is 10. The lowest BCUT2D eigenvalue weighted by molar-refractivity contribution is -0.222. The van der Waals surface area contributed by atoms with Crippen molar-refractivity contribution in [3.8, 4) is 11.6 Å². The van der Waals surface area contributed by atoms with Crippen LogP contribution in [0.5, 0.6) is 11.6 Å². The van der Waals surface area contributed by atoms with Gasteiger partial charge in [0.1, 0.15) is 35.0 Å². The molecule has 330 valence electrons. The Morgan fingerprint density at radius 2 is 1.68 bits per heavy atom. The highest BCUT2D eigenvalue weighted by Crippen LogP contribution is 2.50. The Kier molecular flexibility index (Phi) is 11.3. The van der Waals surface area contributed by atoms with Gasteiger partial charge in [-0.1, -0.05) is 44.9 Å². The van der Waals surface area contributed by atoms with E-state index in [1.54, 1.807) is 12.1 Å². The van der Waals surface area contributed by atoms with Gasteiger partial charge in [0.05, 0.1) is 29.7 Å². The number of nitrogens with zero attached hydrogens (tertiary/aromatic N) is 3. The average molecular weight is 866 g/mol. The fourth-order valence-electron chi connectivity index (χ4n) is 8.90. The van der Waals surface area contributed by atoms with Crippen molar-refractivity contribution in [3.05, 3.63) is 30.5 Å². The highest BCUT2D eigenvalue weighted by atomic mass is 32.2. The smallest absolute Gasteiger partial charge is 0.411 e. The van der Waals surface area contributed by atoms with E-state index in [0.29, 0.717) is 56.1 Å². The van der Waals surface area contributed by atoms with Gasteiger partial charge in [0, 0.05) is 23.1 Å². The van der Waals surface area contributed by atoms with Crippen LogP contribution < -0.4 is 19.5 Å². The van der Waals surface area contributed by atoms with Crippen LogP contribution in [0.3, 0.4) is 0 Å². The number of sulfonamides is 1. The number of benzene rings is 1. The van der Waals surface area contributed by atoms with Gasteiger partial charge < -0.3 is 29.9 Å². The van der Waals surface area contributed by atoms with Crippen molar-refractivity contribution >= 4 is 44.6 Å². The Hall–Kier alpha value is -4.39. The van der Waals surface area contributed by atoms with E-state index < -0.39 is 92.0 Å². The van der Waals surface area contributed by atoms with Crippen molar-refractivity contribution in [3.63, 3.8) is 0 Å². The maximum absolute atomic E-state index is 15.1. The lowest BCUT2D eigenvalue weighted by Crippen LogP contribution is -2.66. The zero-order chi connectivity index (χ0) is 43.7. The van der Waals surface area contributed by atoms with Gasteiger partial charge in [0.15, 0.2) is 0 Å². The van der Waals surface area contributed by atoms with E-state index in [1.165, 1.54) is 20.0 Å². The van der Waals surface area contributed by atoms with E-state index >= 15 is 4.79 Å². The predicted molar refractivity (Wildman–Crippen MR) is 210 cm³/mol. The maximum Gasteiger partial charge on any atom is 0.411 e. The molecule has 3 saturated carbocycles. The van der Waals surface area contributed by atoms with E-state index in [4.69, 9.17) is 9.47 Å². The van der Waals surface area contributed by atoms with Crippen molar-refractivity contribution in [2.45, 2.75) is 151 Å². The molecular weight excluding hydrogens is 812 g/mol. The number of amides is 4. The second-order valence-corrected chi connectivity index (χ2v) is 20.6. The Balaban J connectivity index is 1.28. The van der Waals surface area contributed by atoms with Crippen LogP contribution in [0.2, 0.25) is 0 Å². The molecule has 3 heterocycles. The van der Waals surface area contributed by atoms with Crippen molar-refractivity contribution in [2.75, 3.05) is 6.54 Å². The molecule has 5 aliphatic rings. The maximum atomic E-state index is 15.1. The lowest BCUT2D eigenvalue weighted by atomic mass is 9.84. The lowest BCUT2D eigenvalue weighted by Gasteiger charge is -2.45. The molecule has 0 radical (unpaired) electrons. The molecule has 0 spiro atoms. The summed E-state index contributed by atoms with van der Waals surface area (Å²) in [6.45, 7) is 5.78. The largest absolute Gasteiger partial charge is 0.488 e. The molecule has 60 heavy (non-hydrogen) atoms. The number of halogens is 3. The highest BCUT2D eigenvalue weighted by Gasteiger charge is 2.66. The molecule has 8 atom stereocenters. The monoisotopic (exact) mass is 865 g/mol. The summed E-state index contributed by atoms with van der Waals surface area (Å²) >= 11 is 0. The van der Waals surface area contributed by atoms with Gasteiger partial charge in [-0.05, 0) is 83.6 Å². The summed E-state index contributed by atoms with van der Waals surface area (Å²) in [5.74, 6) is -4.56. The molecule has 4 N–H and O–H groups in total. The molecule has 2 aromatic rings. The third kappa shape index (κ3) is 8.19. The molecule has 0 unspecified atom stereocenters. The molecule has 7 rings (SSSR count). The topological polar surface area (TPSA) is 205 Å². The van der Waals surface area contributed by atoms with Crippen molar-refractivity contribution in [2.24, 2.45) is 17.8 Å². The van der Waals surface area contributed by atoms with Gasteiger partial charge in [-0.2, -0.15) is 13.2 Å². The van der Waals surface area contributed by atoms with E-state index in [-0.39, 0.29) is 55.0 Å². The Bertz CT molecular complexity index is 2150. The zero-order valence-corrected chi connectivity index (χ0v) is 35.1. The zero-order valence-electron chi connectivity index (χ0n) is 34.3. The molecule has 1 aromatic heterocycles. The second-order valence-electron chi connectivity index (χ2n) is 18.4. The molecule has 15 nitrogen and oxygen atoms in total. The second kappa shape index (κ2) is 15.5. The van der Waals surface area contributed by atoms with Gasteiger partial charge >= 0.3 is 12.3 Å². The number of aromatic nitrogens is 1. The number of fused-ring (bicyclic) bond motifs is 3. The summed E-state index contributed by atoms with van der Waals surface area (Å²) in [6.07, 6.45) is -4.56. The molecule has 5 fully saturated rings. The van der Waals surface area contributed by atoms with Crippen molar-refractivity contribution in [1.29, 1.82) is 0 Å². The number of rotatable bonds is 9. The van der Waals surface area contributed by atoms with Crippen LogP contribution in [0.4, 0.5) is 18.0 Å². The van der Waals surface area contributed by atoms with Crippen LogP contribution in [0.15, 0.2) is 30.5 Å². The summed E-state index contributed by atoms with van der Waals surface area (Å²) in [4.78, 5) is 62.3. The van der Waals surface area contributed by atoms with Gasteiger partial charge in [0.2, 0.25) is 27.7 Å². The van der Waals surface area contributed by atoms with E-state index in [2.05, 4.69) is 15.0 Å². The number of carbonyl (C=O) groups excluding carboxylic acids is 3. The quantitative estimate of drug-likeness (QED) is 0.267. The van der Waals surface area contributed by atoms with E-state index in [9.17, 15) is 46.2 Å². The number of ether oxygens (including phenoxy) is 2. The van der Waals surface area contributed by atoms with Crippen LogP contribution in [0.25, 0.3) is 10.8 Å². The SMILES string of the molecule is C[C@@H]1CCC[C@H](O)[C@@H]2C[C@@]2(C(=O)NS(=O)(=O)C2(C)CC2)NC(=O)[C@@H]2C[C@@H](Oc3ncc(OC4CC4)c4ccccc34)CN2C(=O)[C@@H](N(C(=O)O)C(C)(C)C(F)(F)F)[C@H](C)C1. The van der Waals surface area contributed by atoms with Crippen LogP contribution in [-0.2, 0) is 24.4 Å². The summed E-state index contributed by atoms with van der Waals surface area (Å²) in [7, 11) is -4.19. The number of carbonyl (C=O) groups is 4. The van der Waals surface area contributed by atoms with E-state index in [1.807, 2.05) is 19.1 Å². The molecule has 19 heteroatoms. The van der Waals surface area contributed by atoms with Crippen molar-refractivity contribution in [1.82, 2.24) is 24.8 Å². The van der Waals surface area contributed by atoms with Crippen LogP contribution in [0, 0.1) is 17.8 Å². The van der Waals surface area contributed by atoms with E-state index in [0.717, 1.165) is 17.7 Å². The average Bonchev–Trinajstić information content (AvgIpc) is 4.11. The van der Waals surface area contributed by atoms with Gasteiger partial charge in [-0.25, -0.2) is 18.2 Å². The van der Waals surface area contributed by atoms with Crippen LogP contribution in [0.1, 0.15) is 98.8 Å². The third-order valence-corrected chi connectivity index (χ3v) is 15.4. The first-order chi connectivity index (χ1) is 28.0. The van der Waals surface area contributed by atoms with Crippen LogP contribution >= 0.6 is 0 Å². The number of nitrogens with one attached hydrogen (secondary N) is 2. The number of aliphatic hydroxyl groups is 1.